The molecule has 0 aliphatic heterocycles. The number of aromatic nitrogens is 1. The number of aryl methyl sites for hydroxylation is 1. The Hall–Kier alpha value is -1.33. The van der Waals surface area contributed by atoms with Crippen LogP contribution >= 0.6 is 27.5 Å². The molecule has 0 saturated carbocycles. The van der Waals surface area contributed by atoms with E-state index >= 15 is 0 Å². The molecule has 2 rings (SSSR count). The third kappa shape index (κ3) is 2.28. The Morgan fingerprint density at radius 3 is 2.79 bits per heavy atom. The Balaban J connectivity index is 2.91. The Morgan fingerprint density at radius 2 is 2.16 bits per heavy atom. The van der Waals surface area contributed by atoms with Gasteiger partial charge in [-0.25, -0.2) is 0 Å². The summed E-state index contributed by atoms with van der Waals surface area (Å²) in [5.41, 5.74) is 0.398. The van der Waals surface area contributed by atoms with Crippen molar-refractivity contribution < 1.29 is 4.79 Å². The molecule has 0 unspecified atom stereocenters. The van der Waals surface area contributed by atoms with Crippen LogP contribution in [0.4, 0.5) is 0 Å². The van der Waals surface area contributed by atoms with Crippen LogP contribution in [0.1, 0.15) is 17.3 Å². The highest BCUT2D eigenvalue weighted by Crippen LogP contribution is 2.31. The number of pyridine rings is 1. The highest BCUT2D eigenvalue weighted by molar-refractivity contribution is 9.10. The topological polar surface area (TPSA) is 51.1 Å². The molecular formula is C13H12BrClN2O2. The van der Waals surface area contributed by atoms with Crippen molar-refractivity contribution in [1.82, 2.24) is 9.88 Å². The van der Waals surface area contributed by atoms with Gasteiger partial charge in [0.2, 0.25) is 0 Å². The van der Waals surface area contributed by atoms with Crippen molar-refractivity contribution in [2.75, 3.05) is 6.54 Å². The van der Waals surface area contributed by atoms with E-state index in [4.69, 9.17) is 11.6 Å². The number of halogens is 2. The third-order valence-corrected chi connectivity index (χ3v) is 3.98. The predicted molar refractivity (Wildman–Crippen MR) is 79.9 cm³/mol. The number of carbonyl (C=O) groups is 1. The molecule has 0 bridgehead atoms. The molecule has 0 fully saturated rings. The lowest BCUT2D eigenvalue weighted by Gasteiger charge is -2.12. The van der Waals surface area contributed by atoms with Crippen molar-refractivity contribution in [3.63, 3.8) is 0 Å². The second-order valence-corrected chi connectivity index (χ2v) is 5.25. The summed E-state index contributed by atoms with van der Waals surface area (Å²) < 4.78 is 1.86. The highest BCUT2D eigenvalue weighted by atomic mass is 79.9. The molecule has 100 valence electrons. The zero-order valence-corrected chi connectivity index (χ0v) is 12.8. The molecule has 6 heteroatoms. The van der Waals surface area contributed by atoms with Gasteiger partial charge in [0, 0.05) is 23.5 Å². The maximum atomic E-state index is 12.3. The molecule has 19 heavy (non-hydrogen) atoms. The molecule has 1 aromatic heterocycles. The van der Waals surface area contributed by atoms with E-state index < -0.39 is 5.91 Å². The number of hydrogen-bond donors (Lipinski definition) is 1. The standard InChI is InChI=1S/C13H12BrClN2O2/c1-3-16-12(18)10-11(14)9-7(15)5-4-6-8(9)17(2)13(10)19/h4-6H,3H2,1-2H3,(H,16,18). The van der Waals surface area contributed by atoms with E-state index in [1.165, 1.54) is 4.57 Å². The summed E-state index contributed by atoms with van der Waals surface area (Å²) in [4.78, 5) is 24.3. The second-order valence-electron chi connectivity index (χ2n) is 4.05. The van der Waals surface area contributed by atoms with Crippen LogP contribution < -0.4 is 10.9 Å². The van der Waals surface area contributed by atoms with Crippen molar-refractivity contribution in [2.45, 2.75) is 6.92 Å². The summed E-state index contributed by atoms with van der Waals surface area (Å²) in [6.45, 7) is 2.25. The van der Waals surface area contributed by atoms with Gasteiger partial charge in [-0.1, -0.05) is 17.7 Å². The minimum absolute atomic E-state index is 0.0740. The minimum atomic E-state index is -0.406. The van der Waals surface area contributed by atoms with Gasteiger partial charge in [-0.15, -0.1) is 0 Å². The Kier molecular flexibility index (Phi) is 3.96. The quantitative estimate of drug-likeness (QED) is 0.911. The van der Waals surface area contributed by atoms with Gasteiger partial charge in [-0.3, -0.25) is 9.59 Å². The first-order chi connectivity index (χ1) is 8.99. The van der Waals surface area contributed by atoms with Gasteiger partial charge in [-0.2, -0.15) is 0 Å². The molecule has 1 heterocycles. The number of benzene rings is 1. The zero-order valence-electron chi connectivity index (χ0n) is 10.5. The summed E-state index contributed by atoms with van der Waals surface area (Å²) in [5.74, 6) is -0.406. The normalized spacial score (nSPS) is 10.7. The average Bonchev–Trinajstić information content (AvgIpc) is 2.36. The molecular weight excluding hydrogens is 332 g/mol. The molecule has 1 amide bonds. The van der Waals surface area contributed by atoms with Gasteiger partial charge in [0.15, 0.2) is 0 Å². The summed E-state index contributed by atoms with van der Waals surface area (Å²) in [5, 5.41) is 3.78. The molecule has 0 radical (unpaired) electrons. The van der Waals surface area contributed by atoms with Crippen LogP contribution in [0.15, 0.2) is 27.5 Å². The summed E-state index contributed by atoms with van der Waals surface area (Å²) in [6, 6.07) is 5.28. The first-order valence-corrected chi connectivity index (χ1v) is 6.91. The summed E-state index contributed by atoms with van der Waals surface area (Å²) in [7, 11) is 1.62. The smallest absolute Gasteiger partial charge is 0.264 e. The molecule has 1 aromatic carbocycles. The number of nitrogens with zero attached hydrogens (tertiary/aromatic N) is 1. The number of amides is 1. The number of rotatable bonds is 2. The number of hydrogen-bond acceptors (Lipinski definition) is 2. The molecule has 1 N–H and O–H groups in total. The van der Waals surface area contributed by atoms with Gasteiger partial charge in [0.25, 0.3) is 11.5 Å². The molecule has 0 aliphatic carbocycles. The van der Waals surface area contributed by atoms with Crippen molar-refractivity contribution in [3.8, 4) is 0 Å². The first-order valence-electron chi connectivity index (χ1n) is 5.74. The minimum Gasteiger partial charge on any atom is -0.352 e. The Labute approximate surface area is 123 Å². The van der Waals surface area contributed by atoms with E-state index in [-0.39, 0.29) is 11.1 Å². The lowest BCUT2D eigenvalue weighted by atomic mass is 10.1. The van der Waals surface area contributed by atoms with Crippen molar-refractivity contribution in [3.05, 3.63) is 43.6 Å². The predicted octanol–water partition coefficient (Wildman–Crippen LogP) is 2.70. The van der Waals surface area contributed by atoms with E-state index in [1.807, 2.05) is 0 Å². The number of nitrogens with one attached hydrogen (secondary N) is 1. The van der Waals surface area contributed by atoms with E-state index in [0.29, 0.717) is 26.9 Å². The van der Waals surface area contributed by atoms with Crippen LogP contribution in [0.5, 0.6) is 0 Å². The van der Waals surface area contributed by atoms with Gasteiger partial charge in [0.1, 0.15) is 5.56 Å². The van der Waals surface area contributed by atoms with Crippen LogP contribution in [0, 0.1) is 0 Å². The fraction of sp³-hybridized carbons (Fsp3) is 0.231. The number of fused-ring (bicyclic) bond motifs is 1. The first kappa shape index (κ1) is 14.1. The monoisotopic (exact) mass is 342 g/mol. The average molecular weight is 344 g/mol. The largest absolute Gasteiger partial charge is 0.352 e. The van der Waals surface area contributed by atoms with Crippen LogP contribution in [-0.2, 0) is 7.05 Å². The maximum absolute atomic E-state index is 12.3. The van der Waals surface area contributed by atoms with Crippen molar-refractivity contribution in [2.24, 2.45) is 7.05 Å². The van der Waals surface area contributed by atoms with Crippen molar-refractivity contribution >= 4 is 44.3 Å². The summed E-state index contributed by atoms with van der Waals surface area (Å²) in [6.07, 6.45) is 0. The van der Waals surface area contributed by atoms with Crippen LogP contribution in [-0.4, -0.2) is 17.0 Å². The van der Waals surface area contributed by atoms with Gasteiger partial charge < -0.3 is 9.88 Å². The zero-order chi connectivity index (χ0) is 14.2. The van der Waals surface area contributed by atoms with E-state index in [0.717, 1.165) is 0 Å². The molecule has 0 spiro atoms. The Morgan fingerprint density at radius 1 is 1.47 bits per heavy atom. The summed E-state index contributed by atoms with van der Waals surface area (Å²) >= 11 is 9.49. The van der Waals surface area contributed by atoms with E-state index in [9.17, 15) is 9.59 Å². The lowest BCUT2D eigenvalue weighted by molar-refractivity contribution is 0.0953. The fourth-order valence-electron chi connectivity index (χ4n) is 1.95. The van der Waals surface area contributed by atoms with Crippen LogP contribution in [0.25, 0.3) is 10.9 Å². The SMILES string of the molecule is CCNC(=O)c1c(Br)c2c(Cl)cccc2n(C)c1=O. The van der Waals surface area contributed by atoms with E-state index in [2.05, 4.69) is 21.2 Å². The molecule has 0 aliphatic rings. The Bertz CT molecular complexity index is 725. The number of carbonyl (C=O) groups excluding carboxylic acids is 1. The second kappa shape index (κ2) is 5.35. The van der Waals surface area contributed by atoms with Crippen molar-refractivity contribution in [1.29, 1.82) is 0 Å². The lowest BCUT2D eigenvalue weighted by Crippen LogP contribution is -2.32. The van der Waals surface area contributed by atoms with Crippen LogP contribution in [0.2, 0.25) is 5.02 Å². The molecule has 0 atom stereocenters. The third-order valence-electron chi connectivity index (χ3n) is 2.87. The molecule has 0 saturated heterocycles. The maximum Gasteiger partial charge on any atom is 0.264 e. The molecule has 4 nitrogen and oxygen atoms in total. The fourth-order valence-corrected chi connectivity index (χ4v) is 3.10. The van der Waals surface area contributed by atoms with Gasteiger partial charge in [0.05, 0.1) is 10.5 Å². The van der Waals surface area contributed by atoms with E-state index in [1.54, 1.807) is 32.2 Å². The molecule has 2 aromatic rings. The van der Waals surface area contributed by atoms with Gasteiger partial charge in [-0.05, 0) is 35.0 Å². The van der Waals surface area contributed by atoms with Crippen LogP contribution in [0.3, 0.4) is 0 Å². The van der Waals surface area contributed by atoms with Gasteiger partial charge >= 0.3 is 0 Å². The highest BCUT2D eigenvalue weighted by Gasteiger charge is 2.20.